The molecule has 264 valence electrons. The van der Waals surface area contributed by atoms with Gasteiger partial charge in [0.1, 0.15) is 27.9 Å². The summed E-state index contributed by atoms with van der Waals surface area (Å²) < 4.78 is 15.9. The van der Waals surface area contributed by atoms with Crippen molar-refractivity contribution >= 4 is 98.1 Å². The molecule has 9 aromatic carbocycles. The van der Waals surface area contributed by atoms with E-state index in [9.17, 15) is 0 Å². The average molecular weight is 728 g/mol. The number of nitrogens with zero attached hydrogens (tertiary/aromatic N) is 3. The van der Waals surface area contributed by atoms with Gasteiger partial charge in [0, 0.05) is 43.3 Å². The number of furan rings is 2. The van der Waals surface area contributed by atoms with E-state index in [-0.39, 0.29) is 0 Å². The van der Waals surface area contributed by atoms with E-state index in [1.54, 1.807) is 0 Å². The van der Waals surface area contributed by atoms with Crippen LogP contribution in [0.2, 0.25) is 0 Å². The van der Waals surface area contributed by atoms with Crippen molar-refractivity contribution in [2.75, 3.05) is 0 Å². The standard InChI is InChI=1S/C52H29N3O2/c1-2-15-30(16-3-1)31-17-14-18-32(29-31)47-51-48(39-25-10-13-28-42(39)57-51)54-52(53-47)55-40-26-11-8-23-37(40)45-43-35-21-6-4-19-33(35)34-20-5-7-22-36(34)44(43)46-38-24-9-12-27-41(38)56-50(46)49(45)55/h1-29H. The maximum absolute atomic E-state index is 7.05. The maximum Gasteiger partial charge on any atom is 0.236 e. The predicted octanol–water partition coefficient (Wildman–Crippen LogP) is 14.2. The van der Waals surface area contributed by atoms with Crippen LogP contribution in [0.5, 0.6) is 0 Å². The number of fused-ring (bicyclic) bond motifs is 18. The molecule has 13 aromatic rings. The number of aromatic nitrogens is 3. The highest BCUT2D eigenvalue weighted by Crippen LogP contribution is 2.50. The van der Waals surface area contributed by atoms with E-state index < -0.39 is 0 Å². The molecular formula is C52H29N3O2. The molecular weight excluding hydrogens is 699 g/mol. The van der Waals surface area contributed by atoms with E-state index in [1.807, 2.05) is 30.3 Å². The zero-order chi connectivity index (χ0) is 37.2. The minimum Gasteiger partial charge on any atom is -0.454 e. The smallest absolute Gasteiger partial charge is 0.236 e. The first-order valence-electron chi connectivity index (χ1n) is 19.3. The molecule has 0 spiro atoms. The van der Waals surface area contributed by atoms with Crippen molar-refractivity contribution in [2.45, 2.75) is 0 Å². The van der Waals surface area contributed by atoms with Crippen LogP contribution >= 0.6 is 0 Å². The second-order valence-electron chi connectivity index (χ2n) is 14.8. The molecule has 0 aliphatic rings. The van der Waals surface area contributed by atoms with Gasteiger partial charge in [0.15, 0.2) is 11.2 Å². The molecule has 0 N–H and O–H groups in total. The van der Waals surface area contributed by atoms with Gasteiger partial charge >= 0.3 is 0 Å². The zero-order valence-corrected chi connectivity index (χ0v) is 30.4. The zero-order valence-electron chi connectivity index (χ0n) is 30.4. The third kappa shape index (κ3) is 4.17. The molecule has 5 nitrogen and oxygen atoms in total. The third-order valence-corrected chi connectivity index (χ3v) is 11.8. The van der Waals surface area contributed by atoms with Crippen LogP contribution in [0.15, 0.2) is 185 Å². The van der Waals surface area contributed by atoms with Gasteiger partial charge in [-0.2, -0.15) is 0 Å². The molecule has 0 fully saturated rings. The van der Waals surface area contributed by atoms with Crippen molar-refractivity contribution in [1.82, 2.24) is 14.5 Å². The number of hydrogen-bond donors (Lipinski definition) is 0. The summed E-state index contributed by atoms with van der Waals surface area (Å²) in [5.74, 6) is 0.548. The van der Waals surface area contributed by atoms with Crippen LogP contribution in [-0.4, -0.2) is 14.5 Å². The lowest BCUT2D eigenvalue weighted by molar-refractivity contribution is 0.666. The topological polar surface area (TPSA) is 57.0 Å². The molecule has 0 saturated carbocycles. The van der Waals surface area contributed by atoms with E-state index >= 15 is 0 Å². The van der Waals surface area contributed by atoms with E-state index in [1.165, 1.54) is 32.3 Å². The van der Waals surface area contributed by atoms with Gasteiger partial charge < -0.3 is 8.83 Å². The predicted molar refractivity (Wildman–Crippen MR) is 234 cm³/mol. The Labute approximate surface area is 324 Å². The molecule has 0 atom stereocenters. The maximum atomic E-state index is 7.05. The first-order chi connectivity index (χ1) is 28.3. The van der Waals surface area contributed by atoms with Crippen LogP contribution < -0.4 is 0 Å². The van der Waals surface area contributed by atoms with Crippen molar-refractivity contribution in [2.24, 2.45) is 0 Å². The van der Waals surface area contributed by atoms with Gasteiger partial charge in [-0.1, -0.05) is 146 Å². The highest BCUT2D eigenvalue weighted by atomic mass is 16.3. The normalized spacial score (nSPS) is 12.2. The summed E-state index contributed by atoms with van der Waals surface area (Å²) in [5, 5.41) is 12.5. The minimum absolute atomic E-state index is 0.548. The molecule has 13 rings (SSSR count). The van der Waals surface area contributed by atoms with Crippen LogP contribution in [0, 0.1) is 0 Å². The second kappa shape index (κ2) is 11.4. The van der Waals surface area contributed by atoms with Crippen molar-refractivity contribution in [3.8, 4) is 28.3 Å². The first kappa shape index (κ1) is 30.6. The van der Waals surface area contributed by atoms with Crippen LogP contribution in [-0.2, 0) is 0 Å². The van der Waals surface area contributed by atoms with E-state index in [0.717, 1.165) is 82.6 Å². The van der Waals surface area contributed by atoms with Gasteiger partial charge in [-0.15, -0.1) is 0 Å². The Hall–Kier alpha value is -7.76. The lowest BCUT2D eigenvalue weighted by Gasteiger charge is -2.14. The van der Waals surface area contributed by atoms with Crippen LogP contribution in [0.25, 0.3) is 126 Å². The number of rotatable bonds is 3. The molecule has 0 aliphatic heterocycles. The third-order valence-electron chi connectivity index (χ3n) is 11.8. The fourth-order valence-electron chi connectivity index (χ4n) is 9.39. The monoisotopic (exact) mass is 727 g/mol. The highest BCUT2D eigenvalue weighted by molar-refractivity contribution is 6.44. The lowest BCUT2D eigenvalue weighted by atomic mass is 9.89. The Kier molecular flexibility index (Phi) is 6.10. The van der Waals surface area contributed by atoms with Crippen molar-refractivity contribution in [3.05, 3.63) is 176 Å². The Morgan fingerprint density at radius 3 is 1.67 bits per heavy atom. The van der Waals surface area contributed by atoms with Gasteiger partial charge in [-0.05, 0) is 63.0 Å². The summed E-state index contributed by atoms with van der Waals surface area (Å²) in [7, 11) is 0. The molecule has 0 unspecified atom stereocenters. The SMILES string of the molecule is c1ccc(-c2cccc(-c3nc(-n4c5ccccc5c5c6c7ccccc7c7ccccc7c6c6c7ccccc7oc6c54)nc4c3oc3ccccc34)c2)cc1. The molecule has 57 heavy (non-hydrogen) atoms. The number of benzene rings is 9. The van der Waals surface area contributed by atoms with Gasteiger partial charge in [-0.25, -0.2) is 9.97 Å². The number of para-hydroxylation sites is 3. The molecule has 0 saturated heterocycles. The van der Waals surface area contributed by atoms with Gasteiger partial charge in [0.25, 0.3) is 0 Å². The average Bonchev–Trinajstić information content (AvgIpc) is 3.96. The summed E-state index contributed by atoms with van der Waals surface area (Å²) in [6, 6.07) is 61.7. The summed E-state index contributed by atoms with van der Waals surface area (Å²) in [6.45, 7) is 0. The largest absolute Gasteiger partial charge is 0.454 e. The van der Waals surface area contributed by atoms with Crippen molar-refractivity contribution < 1.29 is 8.83 Å². The fraction of sp³-hybridized carbons (Fsp3) is 0. The van der Waals surface area contributed by atoms with E-state index in [0.29, 0.717) is 11.5 Å². The lowest BCUT2D eigenvalue weighted by Crippen LogP contribution is -2.03. The van der Waals surface area contributed by atoms with E-state index in [2.05, 4.69) is 150 Å². The number of hydrogen-bond acceptors (Lipinski definition) is 4. The van der Waals surface area contributed by atoms with Gasteiger partial charge in [0.2, 0.25) is 5.95 Å². The van der Waals surface area contributed by atoms with Crippen molar-refractivity contribution in [1.29, 1.82) is 0 Å². The Balaban J connectivity index is 1.26. The van der Waals surface area contributed by atoms with Crippen LogP contribution in [0.1, 0.15) is 0 Å². The van der Waals surface area contributed by atoms with E-state index in [4.69, 9.17) is 18.8 Å². The molecule has 4 heterocycles. The molecule has 0 radical (unpaired) electrons. The molecule has 0 amide bonds. The Morgan fingerprint density at radius 2 is 0.912 bits per heavy atom. The molecule has 0 aliphatic carbocycles. The summed E-state index contributed by atoms with van der Waals surface area (Å²) in [6.07, 6.45) is 0. The molecule has 4 aromatic heterocycles. The summed E-state index contributed by atoms with van der Waals surface area (Å²) in [5.41, 5.74) is 9.68. The minimum atomic E-state index is 0.548. The Bertz CT molecular complexity index is 3820. The summed E-state index contributed by atoms with van der Waals surface area (Å²) >= 11 is 0. The second-order valence-corrected chi connectivity index (χ2v) is 14.8. The molecule has 0 bridgehead atoms. The van der Waals surface area contributed by atoms with Gasteiger partial charge in [0.05, 0.1) is 5.52 Å². The fourth-order valence-corrected chi connectivity index (χ4v) is 9.39. The highest BCUT2D eigenvalue weighted by Gasteiger charge is 2.28. The summed E-state index contributed by atoms with van der Waals surface area (Å²) in [4.78, 5) is 11.0. The quantitative estimate of drug-likeness (QED) is 0.170. The molecule has 5 heteroatoms. The Morgan fingerprint density at radius 1 is 0.368 bits per heavy atom. The van der Waals surface area contributed by atoms with Crippen molar-refractivity contribution in [3.63, 3.8) is 0 Å². The van der Waals surface area contributed by atoms with Gasteiger partial charge in [-0.3, -0.25) is 4.57 Å². The van der Waals surface area contributed by atoms with Crippen LogP contribution in [0.3, 0.4) is 0 Å². The van der Waals surface area contributed by atoms with Crippen LogP contribution in [0.4, 0.5) is 0 Å². The first-order valence-corrected chi connectivity index (χ1v) is 19.3.